The van der Waals surface area contributed by atoms with E-state index in [1.54, 1.807) is 10.5 Å². The van der Waals surface area contributed by atoms with Gasteiger partial charge in [0.2, 0.25) is 0 Å². The van der Waals surface area contributed by atoms with Crippen LogP contribution in [0.4, 0.5) is 0 Å². The van der Waals surface area contributed by atoms with Gasteiger partial charge in [-0.15, -0.1) is 11.8 Å². The molecule has 0 spiro atoms. The van der Waals surface area contributed by atoms with Gasteiger partial charge in [0.1, 0.15) is 0 Å². The third-order valence-corrected chi connectivity index (χ3v) is 8.67. The highest BCUT2D eigenvalue weighted by Gasteiger charge is 2.63. The van der Waals surface area contributed by atoms with Gasteiger partial charge in [0, 0.05) is 17.1 Å². The zero-order valence-corrected chi connectivity index (χ0v) is 15.8. The number of benzene rings is 1. The Hall–Kier alpha value is -1.22. The van der Waals surface area contributed by atoms with Crippen LogP contribution in [0.3, 0.4) is 0 Å². The first kappa shape index (κ1) is 16.3. The van der Waals surface area contributed by atoms with E-state index in [2.05, 4.69) is 51.1 Å². The van der Waals surface area contributed by atoms with Crippen molar-refractivity contribution in [3.05, 3.63) is 46.4 Å². The van der Waals surface area contributed by atoms with E-state index in [-0.39, 0.29) is 28.6 Å². The second-order valence-corrected chi connectivity index (χ2v) is 9.29. The van der Waals surface area contributed by atoms with Crippen molar-refractivity contribution in [3.8, 4) is 0 Å². The van der Waals surface area contributed by atoms with Gasteiger partial charge in [-0.25, -0.2) is 0 Å². The fourth-order valence-electron chi connectivity index (χ4n) is 5.44. The molecule has 128 valence electrons. The van der Waals surface area contributed by atoms with Crippen LogP contribution in [-0.4, -0.2) is 18.8 Å². The molecule has 4 rings (SSSR count). The lowest BCUT2D eigenvalue weighted by atomic mass is 9.69. The van der Waals surface area contributed by atoms with Crippen LogP contribution < -0.4 is 0 Å². The summed E-state index contributed by atoms with van der Waals surface area (Å²) in [5.41, 5.74) is 3.37. The highest BCUT2D eigenvalue weighted by atomic mass is 32.2. The number of esters is 1. The maximum absolute atomic E-state index is 12.5. The maximum Gasteiger partial charge on any atom is 0.310 e. The number of hydrogen-bond acceptors (Lipinski definition) is 3. The lowest BCUT2D eigenvalue weighted by Crippen LogP contribution is -2.32. The Morgan fingerprint density at radius 2 is 1.92 bits per heavy atom. The molecule has 24 heavy (non-hydrogen) atoms. The molecule has 0 amide bonds. The number of methoxy groups -OCH3 is 1. The van der Waals surface area contributed by atoms with Crippen molar-refractivity contribution in [2.24, 2.45) is 22.7 Å². The van der Waals surface area contributed by atoms with Crippen LogP contribution in [0.5, 0.6) is 0 Å². The van der Waals surface area contributed by atoms with E-state index in [9.17, 15) is 4.79 Å². The van der Waals surface area contributed by atoms with Crippen molar-refractivity contribution >= 4 is 17.7 Å². The van der Waals surface area contributed by atoms with Crippen molar-refractivity contribution in [1.29, 1.82) is 0 Å². The third-order valence-electron chi connectivity index (χ3n) is 7.17. The molecule has 4 atom stereocenters. The molecule has 0 aromatic heterocycles. The molecular formula is C21H26O2S. The third kappa shape index (κ3) is 1.94. The van der Waals surface area contributed by atoms with Crippen LogP contribution in [0.2, 0.25) is 0 Å². The smallest absolute Gasteiger partial charge is 0.310 e. The molecule has 2 aliphatic carbocycles. The summed E-state index contributed by atoms with van der Waals surface area (Å²) in [6.45, 7) is 7.31. The number of thioether (sulfide) groups is 1. The number of allylic oxidation sites excluding steroid dienone is 2. The Labute approximate surface area is 149 Å². The number of carbonyl (C=O) groups is 1. The predicted molar refractivity (Wildman–Crippen MR) is 98.8 cm³/mol. The number of ether oxygens (including phenoxy) is 1. The summed E-state index contributed by atoms with van der Waals surface area (Å²) in [5.74, 6) is 1.47. The quantitative estimate of drug-likeness (QED) is 0.706. The van der Waals surface area contributed by atoms with Crippen LogP contribution in [0.25, 0.3) is 0 Å². The minimum Gasteiger partial charge on any atom is -0.469 e. The Morgan fingerprint density at radius 3 is 2.58 bits per heavy atom. The largest absolute Gasteiger partial charge is 0.469 e. The first-order chi connectivity index (χ1) is 11.4. The van der Waals surface area contributed by atoms with Crippen molar-refractivity contribution in [2.45, 2.75) is 39.5 Å². The molecule has 3 aliphatic rings. The number of hydrogen-bond donors (Lipinski definition) is 0. The van der Waals surface area contributed by atoms with Gasteiger partial charge in [-0.1, -0.05) is 51.1 Å². The summed E-state index contributed by atoms with van der Waals surface area (Å²) in [4.78, 5) is 14.1. The molecule has 1 aromatic carbocycles. The molecule has 1 aliphatic heterocycles. The molecule has 1 saturated carbocycles. The highest BCUT2D eigenvalue weighted by Crippen LogP contribution is 2.73. The van der Waals surface area contributed by atoms with E-state index in [1.165, 1.54) is 25.5 Å². The summed E-state index contributed by atoms with van der Waals surface area (Å²) in [7, 11) is 1.52. The van der Waals surface area contributed by atoms with Gasteiger partial charge >= 0.3 is 5.97 Å². The van der Waals surface area contributed by atoms with Gasteiger partial charge in [-0.2, -0.15) is 0 Å². The zero-order chi connectivity index (χ0) is 17.1. The lowest BCUT2D eigenvalue weighted by molar-refractivity contribution is -0.145. The second-order valence-electron chi connectivity index (χ2n) is 8.26. The molecule has 1 aromatic rings. The molecule has 1 fully saturated rings. The van der Waals surface area contributed by atoms with Crippen molar-refractivity contribution in [1.82, 2.24) is 0 Å². The number of fused-ring (bicyclic) bond motifs is 4. The van der Waals surface area contributed by atoms with E-state index in [0.29, 0.717) is 5.92 Å². The van der Waals surface area contributed by atoms with Crippen molar-refractivity contribution in [2.75, 3.05) is 12.9 Å². The van der Waals surface area contributed by atoms with Crippen LogP contribution >= 0.6 is 11.8 Å². The molecule has 2 bridgehead atoms. The molecule has 2 nitrogen and oxygen atoms in total. The Morgan fingerprint density at radius 1 is 1.21 bits per heavy atom. The standard InChI is InChI=1S/C21H26O2S/c1-20(2)15-10-11-21(20,3)18-17(15)16(13-8-6-5-7-9-13)14(12-24-18)19(22)23-4/h5-9,14-16H,10-12H2,1-4H3/t14-,15-,16-,21+/m1/s1. The predicted octanol–water partition coefficient (Wildman–Crippen LogP) is 5.02. The molecule has 0 unspecified atom stereocenters. The van der Waals surface area contributed by atoms with Crippen molar-refractivity contribution < 1.29 is 9.53 Å². The normalized spacial score (nSPS) is 36.6. The monoisotopic (exact) mass is 342 g/mol. The van der Waals surface area contributed by atoms with Crippen LogP contribution in [0.1, 0.15) is 45.1 Å². The number of carbonyl (C=O) groups excluding carboxylic acids is 1. The Kier molecular flexibility index (Phi) is 3.65. The molecule has 0 saturated heterocycles. The van der Waals surface area contributed by atoms with Gasteiger partial charge in [-0.05, 0) is 40.2 Å². The van der Waals surface area contributed by atoms with Gasteiger partial charge < -0.3 is 4.74 Å². The highest BCUT2D eigenvalue weighted by molar-refractivity contribution is 8.03. The van der Waals surface area contributed by atoms with Crippen LogP contribution in [0.15, 0.2) is 40.8 Å². The summed E-state index contributed by atoms with van der Waals surface area (Å²) < 4.78 is 5.17. The van der Waals surface area contributed by atoms with Gasteiger partial charge in [-0.3, -0.25) is 4.79 Å². The Balaban J connectivity index is 1.88. The topological polar surface area (TPSA) is 26.3 Å². The minimum absolute atomic E-state index is 0.0614. The minimum atomic E-state index is -0.0695. The van der Waals surface area contributed by atoms with Gasteiger partial charge in [0.05, 0.1) is 13.0 Å². The SMILES string of the molecule is COC(=O)[C@@H]1CSC2=C([C@@H]1c1ccccc1)[C@H]1CC[C@]2(C)C1(C)C. The Bertz CT molecular complexity index is 706. The lowest BCUT2D eigenvalue weighted by Gasteiger charge is -2.39. The van der Waals surface area contributed by atoms with Crippen molar-refractivity contribution in [3.63, 3.8) is 0 Å². The van der Waals surface area contributed by atoms with Crippen LogP contribution in [0, 0.1) is 22.7 Å². The van der Waals surface area contributed by atoms with Gasteiger partial charge in [0.15, 0.2) is 0 Å². The maximum atomic E-state index is 12.5. The molecule has 0 radical (unpaired) electrons. The second kappa shape index (κ2) is 5.39. The van der Waals surface area contributed by atoms with E-state index < -0.39 is 0 Å². The summed E-state index contributed by atoms with van der Waals surface area (Å²) in [6, 6.07) is 10.6. The fourth-order valence-corrected chi connectivity index (χ4v) is 7.24. The molecule has 3 heteroatoms. The van der Waals surface area contributed by atoms with E-state index in [4.69, 9.17) is 4.74 Å². The van der Waals surface area contributed by atoms with E-state index in [1.807, 2.05) is 11.8 Å². The van der Waals surface area contributed by atoms with Crippen LogP contribution in [-0.2, 0) is 9.53 Å². The number of rotatable bonds is 2. The average Bonchev–Trinajstić information content (AvgIpc) is 2.93. The average molecular weight is 343 g/mol. The summed E-state index contributed by atoms with van der Waals surface area (Å²) >= 11 is 1.93. The zero-order valence-electron chi connectivity index (χ0n) is 15.0. The first-order valence-corrected chi connectivity index (χ1v) is 9.90. The molecule has 1 heterocycles. The molecular weight excluding hydrogens is 316 g/mol. The molecule has 0 N–H and O–H groups in total. The fraction of sp³-hybridized carbons (Fsp3) is 0.571. The first-order valence-electron chi connectivity index (χ1n) is 8.92. The summed E-state index contributed by atoms with van der Waals surface area (Å²) in [5, 5.41) is 0. The summed E-state index contributed by atoms with van der Waals surface area (Å²) in [6.07, 6.45) is 2.53. The van der Waals surface area contributed by atoms with Gasteiger partial charge in [0.25, 0.3) is 0 Å². The van der Waals surface area contributed by atoms with E-state index in [0.717, 1.165) is 5.75 Å². The van der Waals surface area contributed by atoms with E-state index >= 15 is 0 Å².